The molecule has 4 heteroatoms. The standard InChI is InChI=1S/C28H26N2O2/c1-20-14-15-21(2)25(16-20)17-28(31)30-29-18-23-9-4-6-13-27(23)32-19-24-11-7-10-22-8-3-5-12-26(22)24/h3-16,18H,17,19H2,1-2H3,(H,30,31)/b29-18+. The largest absolute Gasteiger partial charge is 0.488 e. The summed E-state index contributed by atoms with van der Waals surface area (Å²) in [6.45, 7) is 4.48. The van der Waals surface area contributed by atoms with Crippen molar-refractivity contribution in [2.45, 2.75) is 26.9 Å². The summed E-state index contributed by atoms with van der Waals surface area (Å²) in [4.78, 5) is 12.3. The van der Waals surface area contributed by atoms with Gasteiger partial charge in [0.1, 0.15) is 12.4 Å². The van der Waals surface area contributed by atoms with Crippen LogP contribution in [-0.2, 0) is 17.8 Å². The number of hydrogen-bond acceptors (Lipinski definition) is 3. The predicted octanol–water partition coefficient (Wildman–Crippen LogP) is 5.73. The van der Waals surface area contributed by atoms with E-state index in [4.69, 9.17) is 4.74 Å². The van der Waals surface area contributed by atoms with Crippen LogP contribution in [0.25, 0.3) is 10.8 Å². The summed E-state index contributed by atoms with van der Waals surface area (Å²) in [6, 6.07) is 28.3. The van der Waals surface area contributed by atoms with Crippen molar-refractivity contribution in [3.05, 3.63) is 113 Å². The Morgan fingerprint density at radius 1 is 0.906 bits per heavy atom. The SMILES string of the molecule is Cc1ccc(C)c(CC(=O)N/N=C/c2ccccc2OCc2cccc3ccccc23)c1. The fourth-order valence-corrected chi connectivity index (χ4v) is 3.67. The summed E-state index contributed by atoms with van der Waals surface area (Å²) in [5.74, 6) is 0.567. The maximum absolute atomic E-state index is 12.3. The van der Waals surface area contributed by atoms with Crippen LogP contribution in [0.5, 0.6) is 5.75 Å². The van der Waals surface area contributed by atoms with Gasteiger partial charge in [-0.3, -0.25) is 4.79 Å². The molecule has 1 amide bonds. The number of benzene rings is 4. The molecule has 0 saturated carbocycles. The van der Waals surface area contributed by atoms with E-state index in [9.17, 15) is 4.79 Å². The molecule has 0 radical (unpaired) electrons. The Kier molecular flexibility index (Phi) is 6.61. The summed E-state index contributed by atoms with van der Waals surface area (Å²) in [5.41, 5.74) is 7.80. The van der Waals surface area contributed by atoms with E-state index in [1.54, 1.807) is 6.21 Å². The number of nitrogens with zero attached hydrogens (tertiary/aromatic N) is 1. The molecule has 4 nitrogen and oxygen atoms in total. The quantitative estimate of drug-likeness (QED) is 0.305. The molecule has 1 N–H and O–H groups in total. The Morgan fingerprint density at radius 2 is 1.69 bits per heavy atom. The molecule has 0 saturated heterocycles. The number of rotatable bonds is 7. The van der Waals surface area contributed by atoms with Crippen molar-refractivity contribution >= 4 is 22.9 Å². The lowest BCUT2D eigenvalue weighted by molar-refractivity contribution is -0.120. The third-order valence-electron chi connectivity index (χ3n) is 5.43. The number of hydrazone groups is 1. The molecule has 0 atom stereocenters. The van der Waals surface area contributed by atoms with Gasteiger partial charge >= 0.3 is 0 Å². The van der Waals surface area contributed by atoms with Crippen LogP contribution in [0.2, 0.25) is 0 Å². The minimum Gasteiger partial charge on any atom is -0.488 e. The fourth-order valence-electron chi connectivity index (χ4n) is 3.67. The van der Waals surface area contributed by atoms with E-state index in [0.717, 1.165) is 27.8 Å². The summed E-state index contributed by atoms with van der Waals surface area (Å²) in [6.07, 6.45) is 1.92. The first-order chi connectivity index (χ1) is 15.6. The highest BCUT2D eigenvalue weighted by Crippen LogP contribution is 2.22. The molecule has 4 aromatic carbocycles. The molecule has 0 aliphatic rings. The summed E-state index contributed by atoms with van der Waals surface area (Å²) in [7, 11) is 0. The summed E-state index contributed by atoms with van der Waals surface area (Å²) < 4.78 is 6.11. The Balaban J connectivity index is 1.41. The number of para-hydroxylation sites is 1. The normalized spacial score (nSPS) is 11.1. The number of carbonyl (C=O) groups is 1. The smallest absolute Gasteiger partial charge is 0.244 e. The maximum Gasteiger partial charge on any atom is 0.244 e. The van der Waals surface area contributed by atoms with Crippen molar-refractivity contribution in [1.29, 1.82) is 0 Å². The average Bonchev–Trinajstić information content (AvgIpc) is 2.81. The number of nitrogens with one attached hydrogen (secondary N) is 1. The van der Waals surface area contributed by atoms with Crippen molar-refractivity contribution in [1.82, 2.24) is 5.43 Å². The van der Waals surface area contributed by atoms with Gasteiger partial charge in [-0.1, -0.05) is 78.4 Å². The second-order valence-corrected chi connectivity index (χ2v) is 7.86. The molecular weight excluding hydrogens is 396 g/mol. The Labute approximate surface area is 188 Å². The lowest BCUT2D eigenvalue weighted by atomic mass is 10.0. The number of ether oxygens (including phenoxy) is 1. The minimum absolute atomic E-state index is 0.149. The van der Waals surface area contributed by atoms with E-state index in [2.05, 4.69) is 34.8 Å². The Bertz CT molecular complexity index is 1270. The number of carbonyl (C=O) groups excluding carboxylic acids is 1. The highest BCUT2D eigenvalue weighted by Gasteiger charge is 2.07. The average molecular weight is 423 g/mol. The van der Waals surface area contributed by atoms with Crippen molar-refractivity contribution in [3.8, 4) is 5.75 Å². The molecule has 0 fully saturated rings. The van der Waals surface area contributed by atoms with Gasteiger partial charge in [0.15, 0.2) is 0 Å². The molecule has 4 rings (SSSR count). The van der Waals surface area contributed by atoms with Gasteiger partial charge in [0, 0.05) is 5.56 Å². The molecule has 0 aliphatic carbocycles. The second kappa shape index (κ2) is 9.92. The van der Waals surface area contributed by atoms with Crippen LogP contribution in [0.15, 0.2) is 90.0 Å². The Morgan fingerprint density at radius 3 is 2.59 bits per heavy atom. The maximum atomic E-state index is 12.3. The van der Waals surface area contributed by atoms with Gasteiger partial charge in [0.05, 0.1) is 12.6 Å². The van der Waals surface area contributed by atoms with Crippen molar-refractivity contribution in [2.24, 2.45) is 5.10 Å². The van der Waals surface area contributed by atoms with E-state index in [0.29, 0.717) is 18.8 Å². The third kappa shape index (κ3) is 5.22. The third-order valence-corrected chi connectivity index (χ3v) is 5.43. The van der Waals surface area contributed by atoms with Gasteiger partial charge in [-0.05, 0) is 53.4 Å². The van der Waals surface area contributed by atoms with Gasteiger partial charge in [-0.15, -0.1) is 0 Å². The predicted molar refractivity (Wildman–Crippen MR) is 130 cm³/mol. The van der Waals surface area contributed by atoms with Crippen LogP contribution in [-0.4, -0.2) is 12.1 Å². The van der Waals surface area contributed by atoms with Gasteiger partial charge in [-0.25, -0.2) is 5.43 Å². The Hall–Kier alpha value is -3.92. The first kappa shape index (κ1) is 21.3. The number of amides is 1. The second-order valence-electron chi connectivity index (χ2n) is 7.86. The van der Waals surface area contributed by atoms with E-state index < -0.39 is 0 Å². The summed E-state index contributed by atoms with van der Waals surface area (Å²) in [5, 5.41) is 6.52. The molecule has 4 aromatic rings. The lowest BCUT2D eigenvalue weighted by Gasteiger charge is -2.11. The first-order valence-corrected chi connectivity index (χ1v) is 10.7. The van der Waals surface area contributed by atoms with E-state index in [1.165, 1.54) is 10.8 Å². The van der Waals surface area contributed by atoms with Crippen LogP contribution < -0.4 is 10.2 Å². The van der Waals surface area contributed by atoms with Crippen LogP contribution in [0.1, 0.15) is 27.8 Å². The zero-order valence-electron chi connectivity index (χ0n) is 18.3. The van der Waals surface area contributed by atoms with Gasteiger partial charge in [-0.2, -0.15) is 5.10 Å². The van der Waals surface area contributed by atoms with Crippen molar-refractivity contribution in [2.75, 3.05) is 0 Å². The molecule has 32 heavy (non-hydrogen) atoms. The van der Waals surface area contributed by atoms with Crippen molar-refractivity contribution in [3.63, 3.8) is 0 Å². The number of fused-ring (bicyclic) bond motifs is 1. The van der Waals surface area contributed by atoms with E-state index in [-0.39, 0.29) is 5.91 Å². The first-order valence-electron chi connectivity index (χ1n) is 10.7. The molecule has 0 heterocycles. The van der Waals surface area contributed by atoms with Crippen molar-refractivity contribution < 1.29 is 9.53 Å². The molecule has 0 spiro atoms. The lowest BCUT2D eigenvalue weighted by Crippen LogP contribution is -2.20. The minimum atomic E-state index is -0.149. The van der Waals surface area contributed by atoms with E-state index >= 15 is 0 Å². The monoisotopic (exact) mass is 422 g/mol. The van der Waals surface area contributed by atoms with E-state index in [1.807, 2.05) is 74.5 Å². The molecule has 160 valence electrons. The number of hydrogen-bond donors (Lipinski definition) is 1. The zero-order chi connectivity index (χ0) is 22.3. The highest BCUT2D eigenvalue weighted by molar-refractivity contribution is 5.86. The molecule has 0 aliphatic heterocycles. The molecule has 0 unspecified atom stereocenters. The van der Waals surface area contributed by atoms with Crippen LogP contribution in [0.4, 0.5) is 0 Å². The molecular formula is C28H26N2O2. The van der Waals surface area contributed by atoms with Gasteiger partial charge < -0.3 is 4.74 Å². The molecule has 0 aromatic heterocycles. The highest BCUT2D eigenvalue weighted by atomic mass is 16.5. The van der Waals surface area contributed by atoms with Gasteiger partial charge in [0.2, 0.25) is 5.91 Å². The molecule has 0 bridgehead atoms. The fraction of sp³-hybridized carbons (Fsp3) is 0.143. The van der Waals surface area contributed by atoms with Gasteiger partial charge in [0.25, 0.3) is 0 Å². The van der Waals surface area contributed by atoms with Crippen LogP contribution in [0.3, 0.4) is 0 Å². The topological polar surface area (TPSA) is 50.7 Å². The zero-order valence-corrected chi connectivity index (χ0v) is 18.3. The summed E-state index contributed by atoms with van der Waals surface area (Å²) >= 11 is 0. The number of aryl methyl sites for hydroxylation is 2. The van der Waals surface area contributed by atoms with Crippen LogP contribution in [0, 0.1) is 13.8 Å². The van der Waals surface area contributed by atoms with Crippen LogP contribution >= 0.6 is 0 Å².